The van der Waals surface area contributed by atoms with Gasteiger partial charge >= 0.3 is 0 Å². The third-order valence-electron chi connectivity index (χ3n) is 5.99. The maximum Gasteiger partial charge on any atom is 0.250 e. The second kappa shape index (κ2) is 12.2. The minimum absolute atomic E-state index is 0.0269. The molecule has 0 saturated carbocycles. The monoisotopic (exact) mass is 543 g/mol. The maximum absolute atomic E-state index is 12.6. The second-order valence-corrected chi connectivity index (χ2v) is 11.0. The Morgan fingerprint density at radius 1 is 1.08 bits per heavy atom. The number of benzene rings is 3. The van der Waals surface area contributed by atoms with Gasteiger partial charge in [0.25, 0.3) is 5.91 Å². The van der Waals surface area contributed by atoms with Crippen LogP contribution in [0.5, 0.6) is 11.5 Å². The highest BCUT2D eigenvalue weighted by Crippen LogP contribution is 2.31. The van der Waals surface area contributed by atoms with Crippen LogP contribution in [0.4, 0.5) is 0 Å². The fourth-order valence-corrected chi connectivity index (χ4v) is 4.59. The van der Waals surface area contributed by atoms with E-state index in [1.165, 1.54) is 23.5 Å². The Balaban J connectivity index is 1.51. The first-order valence-electron chi connectivity index (χ1n) is 12.7. The van der Waals surface area contributed by atoms with Crippen LogP contribution >= 0.6 is 11.8 Å². The van der Waals surface area contributed by atoms with E-state index >= 15 is 0 Å². The summed E-state index contributed by atoms with van der Waals surface area (Å²) in [4.78, 5) is 12.6. The number of phenols is 1. The van der Waals surface area contributed by atoms with E-state index in [0.717, 1.165) is 16.8 Å². The summed E-state index contributed by atoms with van der Waals surface area (Å²) in [5.74, 6) is 0.801. The molecule has 1 aromatic heterocycles. The van der Waals surface area contributed by atoms with Gasteiger partial charge in [0, 0.05) is 16.8 Å². The molecule has 9 heteroatoms. The smallest absolute Gasteiger partial charge is 0.250 e. The van der Waals surface area contributed by atoms with Crippen molar-refractivity contribution in [1.82, 2.24) is 20.2 Å². The molecule has 0 aliphatic carbocycles. The number of aromatic nitrogens is 3. The number of thioether (sulfide) groups is 1. The van der Waals surface area contributed by atoms with Crippen molar-refractivity contribution in [3.05, 3.63) is 83.4 Å². The van der Waals surface area contributed by atoms with E-state index in [-0.39, 0.29) is 22.8 Å². The number of aryl methyl sites for hydroxylation is 1. The van der Waals surface area contributed by atoms with Crippen LogP contribution in [0.2, 0.25) is 0 Å². The van der Waals surface area contributed by atoms with E-state index in [1.807, 2.05) is 42.7 Å². The number of carbonyl (C=O) groups excluding carboxylic acids is 1. The van der Waals surface area contributed by atoms with Crippen LogP contribution < -0.4 is 10.2 Å². The van der Waals surface area contributed by atoms with Crippen LogP contribution in [0.25, 0.3) is 17.1 Å². The Morgan fingerprint density at radius 3 is 2.46 bits per heavy atom. The molecule has 0 aliphatic heterocycles. The normalized spacial score (nSPS) is 11.6. The van der Waals surface area contributed by atoms with Gasteiger partial charge in [-0.15, -0.1) is 10.2 Å². The third kappa shape index (κ3) is 6.86. The van der Waals surface area contributed by atoms with Crippen molar-refractivity contribution in [2.24, 2.45) is 5.10 Å². The highest BCUT2D eigenvalue weighted by Gasteiger charge is 2.19. The summed E-state index contributed by atoms with van der Waals surface area (Å²) >= 11 is 1.27. The highest BCUT2D eigenvalue weighted by molar-refractivity contribution is 7.99. The Bertz CT molecular complexity index is 1460. The number of phenolic OH excluding ortho intramolecular Hbond substituents is 1. The molecule has 202 valence electrons. The Kier molecular flexibility index (Phi) is 8.71. The number of nitrogens with one attached hydrogen (secondary N) is 1. The molecule has 0 atom stereocenters. The fraction of sp³-hybridized carbons (Fsp3) is 0.267. The molecule has 39 heavy (non-hydrogen) atoms. The number of hydrogen-bond donors (Lipinski definition) is 2. The summed E-state index contributed by atoms with van der Waals surface area (Å²) < 4.78 is 7.35. The summed E-state index contributed by atoms with van der Waals surface area (Å²) in [6.07, 6.45) is 1.38. The zero-order chi connectivity index (χ0) is 28.0. The number of ether oxygens (including phenoxy) is 1. The van der Waals surface area contributed by atoms with Gasteiger partial charge < -0.3 is 9.84 Å². The Hall–Kier alpha value is -4.11. The zero-order valence-corrected chi connectivity index (χ0v) is 23.6. The van der Waals surface area contributed by atoms with Crippen molar-refractivity contribution in [1.29, 1.82) is 0 Å². The van der Waals surface area contributed by atoms with E-state index in [1.54, 1.807) is 18.2 Å². The van der Waals surface area contributed by atoms with Crippen LogP contribution in [-0.4, -0.2) is 44.4 Å². The lowest BCUT2D eigenvalue weighted by molar-refractivity contribution is -0.118. The molecule has 0 bridgehead atoms. The van der Waals surface area contributed by atoms with E-state index in [2.05, 4.69) is 65.8 Å². The first-order valence-corrected chi connectivity index (χ1v) is 13.7. The summed E-state index contributed by atoms with van der Waals surface area (Å²) in [5.41, 5.74) is 7.22. The first kappa shape index (κ1) is 27.9. The standard InChI is InChI=1S/C30H33N5O3S/c1-6-38-25-9-7-8-22(27(25)37)18-31-32-26(36)19-39-29-34-33-28(35(29)24-16-10-20(2)11-17-24)21-12-14-23(15-13-21)30(3,4)5/h7-18,37H,6,19H2,1-5H3,(H,32,36)/b31-18+. The lowest BCUT2D eigenvalue weighted by Crippen LogP contribution is -2.20. The molecule has 0 aliphatic rings. The minimum atomic E-state index is -0.314. The van der Waals surface area contributed by atoms with E-state index in [0.29, 0.717) is 28.9 Å². The van der Waals surface area contributed by atoms with Gasteiger partial charge in [-0.05, 0) is 49.1 Å². The molecule has 0 fully saturated rings. The van der Waals surface area contributed by atoms with Gasteiger partial charge in [-0.2, -0.15) is 5.10 Å². The van der Waals surface area contributed by atoms with Gasteiger partial charge in [-0.25, -0.2) is 5.43 Å². The molecule has 3 aromatic carbocycles. The Morgan fingerprint density at radius 2 is 1.79 bits per heavy atom. The van der Waals surface area contributed by atoms with Gasteiger partial charge in [0.15, 0.2) is 22.5 Å². The quantitative estimate of drug-likeness (QED) is 0.155. The summed E-state index contributed by atoms with van der Waals surface area (Å²) in [6.45, 7) is 10.8. The lowest BCUT2D eigenvalue weighted by Gasteiger charge is -2.19. The van der Waals surface area contributed by atoms with Gasteiger partial charge in [0.1, 0.15) is 0 Å². The SMILES string of the molecule is CCOc1cccc(/C=N/NC(=O)CSc2nnc(-c3ccc(C(C)(C)C)cc3)n2-c2ccc(C)cc2)c1O. The van der Waals surface area contributed by atoms with E-state index in [4.69, 9.17) is 4.74 Å². The summed E-state index contributed by atoms with van der Waals surface area (Å²) in [7, 11) is 0. The second-order valence-electron chi connectivity index (χ2n) is 10.0. The van der Waals surface area contributed by atoms with Gasteiger partial charge in [0.2, 0.25) is 0 Å². The van der Waals surface area contributed by atoms with Crippen molar-refractivity contribution < 1.29 is 14.6 Å². The molecule has 1 heterocycles. The van der Waals surface area contributed by atoms with Crippen molar-refractivity contribution in [2.75, 3.05) is 12.4 Å². The predicted molar refractivity (Wildman–Crippen MR) is 156 cm³/mol. The van der Waals surface area contributed by atoms with E-state index in [9.17, 15) is 9.90 Å². The minimum Gasteiger partial charge on any atom is -0.504 e. The first-order chi connectivity index (χ1) is 18.7. The number of para-hydroxylation sites is 1. The van der Waals surface area contributed by atoms with Crippen LogP contribution in [0.1, 0.15) is 44.4 Å². The maximum atomic E-state index is 12.6. The third-order valence-corrected chi connectivity index (χ3v) is 6.92. The largest absolute Gasteiger partial charge is 0.504 e. The summed E-state index contributed by atoms with van der Waals surface area (Å²) in [6, 6.07) is 21.5. The zero-order valence-electron chi connectivity index (χ0n) is 22.8. The molecule has 0 saturated heterocycles. The number of carbonyl (C=O) groups is 1. The Labute approximate surface area is 233 Å². The summed E-state index contributed by atoms with van der Waals surface area (Å²) in [5, 5.41) is 23.8. The number of amides is 1. The van der Waals surface area contributed by atoms with Crippen LogP contribution in [0.3, 0.4) is 0 Å². The van der Waals surface area contributed by atoms with Crippen LogP contribution in [0, 0.1) is 6.92 Å². The number of hydrazone groups is 1. The van der Waals surface area contributed by atoms with Crippen molar-refractivity contribution in [3.63, 3.8) is 0 Å². The van der Waals surface area contributed by atoms with Gasteiger partial charge in [-0.1, -0.05) is 80.6 Å². The van der Waals surface area contributed by atoms with Crippen molar-refractivity contribution in [3.8, 4) is 28.6 Å². The molecule has 1 amide bonds. The molecule has 2 N–H and O–H groups in total. The molecule has 0 spiro atoms. The molecular formula is C30H33N5O3S. The highest BCUT2D eigenvalue weighted by atomic mass is 32.2. The number of hydrogen-bond acceptors (Lipinski definition) is 7. The molecule has 8 nitrogen and oxygen atoms in total. The van der Waals surface area contributed by atoms with Crippen LogP contribution in [0.15, 0.2) is 77.0 Å². The number of nitrogens with zero attached hydrogens (tertiary/aromatic N) is 4. The molecule has 4 aromatic rings. The van der Waals surface area contributed by atoms with Crippen molar-refractivity contribution in [2.45, 2.75) is 45.2 Å². The van der Waals surface area contributed by atoms with Crippen LogP contribution in [-0.2, 0) is 10.2 Å². The molecule has 4 rings (SSSR count). The van der Waals surface area contributed by atoms with Gasteiger partial charge in [-0.3, -0.25) is 9.36 Å². The molecule has 0 radical (unpaired) electrons. The van der Waals surface area contributed by atoms with Gasteiger partial charge in [0.05, 0.1) is 18.6 Å². The topological polar surface area (TPSA) is 102 Å². The molecule has 0 unspecified atom stereocenters. The predicted octanol–water partition coefficient (Wildman–Crippen LogP) is 5.89. The van der Waals surface area contributed by atoms with Crippen molar-refractivity contribution >= 4 is 23.9 Å². The molecular weight excluding hydrogens is 510 g/mol. The average molecular weight is 544 g/mol. The lowest BCUT2D eigenvalue weighted by atomic mass is 9.87. The number of rotatable bonds is 9. The number of aromatic hydroxyl groups is 1. The fourth-order valence-electron chi connectivity index (χ4n) is 3.85. The van der Waals surface area contributed by atoms with E-state index < -0.39 is 0 Å². The average Bonchev–Trinajstić information content (AvgIpc) is 3.33.